The summed E-state index contributed by atoms with van der Waals surface area (Å²) in [5, 5.41) is 0. The van der Waals surface area contributed by atoms with E-state index in [4.69, 9.17) is 10.2 Å². The smallest absolute Gasteiger partial charge is 0.105 e. The molecule has 0 amide bonds. The normalized spacial score (nSPS) is 15.4. The molecule has 1 unspecified atom stereocenters. The highest BCUT2D eigenvalue weighted by Gasteiger charge is 2.19. The van der Waals surface area contributed by atoms with Gasteiger partial charge in [0.15, 0.2) is 0 Å². The van der Waals surface area contributed by atoms with Crippen molar-refractivity contribution in [1.29, 1.82) is 0 Å². The maximum absolute atomic E-state index is 6.23. The van der Waals surface area contributed by atoms with Crippen molar-refractivity contribution in [2.24, 2.45) is 5.73 Å². The Kier molecular flexibility index (Phi) is 4.56. The second kappa shape index (κ2) is 5.51. The van der Waals surface area contributed by atoms with E-state index in [9.17, 15) is 0 Å². The second-order valence-corrected chi connectivity index (χ2v) is 5.08. The van der Waals surface area contributed by atoms with Crippen molar-refractivity contribution >= 4 is 0 Å². The molecule has 3 nitrogen and oxygen atoms in total. The van der Waals surface area contributed by atoms with E-state index in [1.165, 1.54) is 5.56 Å². The van der Waals surface area contributed by atoms with Crippen molar-refractivity contribution in [3.8, 4) is 0 Å². The highest BCUT2D eigenvalue weighted by molar-refractivity contribution is 5.15. The van der Waals surface area contributed by atoms with Crippen molar-refractivity contribution in [2.75, 3.05) is 13.6 Å². The molecule has 3 heteroatoms. The van der Waals surface area contributed by atoms with Crippen molar-refractivity contribution in [1.82, 2.24) is 4.90 Å². The van der Waals surface area contributed by atoms with E-state index >= 15 is 0 Å². The van der Waals surface area contributed by atoms with Crippen LogP contribution in [0, 0.1) is 6.92 Å². The Morgan fingerprint density at radius 1 is 1.50 bits per heavy atom. The molecule has 0 aliphatic carbocycles. The van der Waals surface area contributed by atoms with Crippen molar-refractivity contribution in [3.05, 3.63) is 23.7 Å². The molecule has 0 radical (unpaired) electrons. The molecule has 0 aromatic carbocycles. The van der Waals surface area contributed by atoms with Gasteiger partial charge in [0.25, 0.3) is 0 Å². The molecule has 0 fully saturated rings. The quantitative estimate of drug-likeness (QED) is 0.807. The fourth-order valence-corrected chi connectivity index (χ4v) is 2.19. The lowest BCUT2D eigenvalue weighted by Crippen LogP contribution is -2.46. The van der Waals surface area contributed by atoms with Crippen molar-refractivity contribution in [2.45, 2.75) is 45.7 Å². The van der Waals surface area contributed by atoms with Crippen LogP contribution in [0.2, 0.25) is 0 Å². The van der Waals surface area contributed by atoms with Gasteiger partial charge < -0.3 is 15.1 Å². The fraction of sp³-hybridized carbons (Fsp3) is 0.692. The summed E-state index contributed by atoms with van der Waals surface area (Å²) < 4.78 is 5.29. The number of likely N-dealkylation sites (N-methyl/N-ethyl adjacent to an activating group) is 1. The van der Waals surface area contributed by atoms with Gasteiger partial charge in [-0.3, -0.25) is 0 Å². The minimum atomic E-state index is -0.0961. The molecule has 1 rings (SSSR count). The standard InChI is InChI=1S/C13H24N2O/c1-5-7-13(3,14)10-15(4)9-12-6-8-16-11(12)2/h6,8H,5,7,9-10,14H2,1-4H3. The molecule has 0 bridgehead atoms. The van der Waals surface area contributed by atoms with E-state index in [0.29, 0.717) is 0 Å². The van der Waals surface area contributed by atoms with E-state index in [0.717, 1.165) is 31.7 Å². The predicted molar refractivity (Wildman–Crippen MR) is 67.3 cm³/mol. The maximum Gasteiger partial charge on any atom is 0.105 e. The lowest BCUT2D eigenvalue weighted by molar-refractivity contribution is 0.240. The third-order valence-corrected chi connectivity index (χ3v) is 2.86. The average molecular weight is 224 g/mol. The summed E-state index contributed by atoms with van der Waals surface area (Å²) in [5.41, 5.74) is 7.38. The van der Waals surface area contributed by atoms with E-state index in [1.807, 2.05) is 13.0 Å². The second-order valence-electron chi connectivity index (χ2n) is 5.08. The Morgan fingerprint density at radius 3 is 2.69 bits per heavy atom. The van der Waals surface area contributed by atoms with Gasteiger partial charge in [-0.15, -0.1) is 0 Å². The first-order chi connectivity index (χ1) is 7.44. The number of nitrogens with two attached hydrogens (primary N) is 1. The van der Waals surface area contributed by atoms with Crippen LogP contribution in [0.25, 0.3) is 0 Å². The Morgan fingerprint density at radius 2 is 2.19 bits per heavy atom. The molecule has 0 saturated heterocycles. The van der Waals surface area contributed by atoms with Crippen LogP contribution >= 0.6 is 0 Å². The van der Waals surface area contributed by atoms with Crippen LogP contribution in [0.5, 0.6) is 0 Å². The van der Waals surface area contributed by atoms with Gasteiger partial charge in [0.2, 0.25) is 0 Å². The molecule has 1 heterocycles. The molecule has 16 heavy (non-hydrogen) atoms. The first kappa shape index (κ1) is 13.3. The molecule has 92 valence electrons. The molecule has 1 atom stereocenters. The number of furan rings is 1. The average Bonchev–Trinajstić information content (AvgIpc) is 2.50. The van der Waals surface area contributed by atoms with Gasteiger partial charge in [-0.05, 0) is 33.4 Å². The summed E-state index contributed by atoms with van der Waals surface area (Å²) in [7, 11) is 2.10. The highest BCUT2D eigenvalue weighted by Crippen LogP contribution is 2.14. The number of nitrogens with zero attached hydrogens (tertiary/aromatic N) is 1. The van der Waals surface area contributed by atoms with Crippen LogP contribution in [-0.4, -0.2) is 24.0 Å². The molecular formula is C13H24N2O. The van der Waals surface area contributed by atoms with Crippen molar-refractivity contribution in [3.63, 3.8) is 0 Å². The lowest BCUT2D eigenvalue weighted by atomic mass is 9.97. The van der Waals surface area contributed by atoms with E-state index in [1.54, 1.807) is 6.26 Å². The summed E-state index contributed by atoms with van der Waals surface area (Å²) in [6.45, 7) is 8.10. The molecular weight excluding hydrogens is 200 g/mol. The van der Waals surface area contributed by atoms with Crippen LogP contribution in [0.4, 0.5) is 0 Å². The zero-order valence-electron chi connectivity index (χ0n) is 10.9. The minimum absolute atomic E-state index is 0.0961. The number of rotatable bonds is 6. The molecule has 0 saturated carbocycles. The van der Waals surface area contributed by atoms with Gasteiger partial charge in [-0.1, -0.05) is 13.3 Å². The van der Waals surface area contributed by atoms with Crippen LogP contribution < -0.4 is 5.73 Å². The third-order valence-electron chi connectivity index (χ3n) is 2.86. The largest absolute Gasteiger partial charge is 0.469 e. The molecule has 2 N–H and O–H groups in total. The number of hydrogen-bond acceptors (Lipinski definition) is 3. The Hall–Kier alpha value is -0.800. The fourth-order valence-electron chi connectivity index (χ4n) is 2.19. The van der Waals surface area contributed by atoms with E-state index in [-0.39, 0.29) is 5.54 Å². The van der Waals surface area contributed by atoms with Gasteiger partial charge in [-0.25, -0.2) is 0 Å². The van der Waals surface area contributed by atoms with E-state index < -0.39 is 0 Å². The van der Waals surface area contributed by atoms with E-state index in [2.05, 4.69) is 25.8 Å². The summed E-state index contributed by atoms with van der Waals surface area (Å²) in [4.78, 5) is 2.26. The molecule has 0 aliphatic heterocycles. The lowest BCUT2D eigenvalue weighted by Gasteiger charge is -2.29. The molecule has 0 aliphatic rings. The summed E-state index contributed by atoms with van der Waals surface area (Å²) in [6, 6.07) is 2.03. The van der Waals surface area contributed by atoms with Crippen LogP contribution in [0.15, 0.2) is 16.7 Å². The zero-order chi connectivity index (χ0) is 12.2. The minimum Gasteiger partial charge on any atom is -0.469 e. The first-order valence-corrected chi connectivity index (χ1v) is 5.95. The molecule has 0 spiro atoms. The number of hydrogen-bond donors (Lipinski definition) is 1. The SMILES string of the molecule is CCCC(C)(N)CN(C)Cc1ccoc1C. The summed E-state index contributed by atoms with van der Waals surface area (Å²) >= 11 is 0. The topological polar surface area (TPSA) is 42.4 Å². The molecule has 1 aromatic heterocycles. The predicted octanol–water partition coefficient (Wildman–Crippen LogP) is 2.54. The van der Waals surface area contributed by atoms with Gasteiger partial charge in [0, 0.05) is 24.2 Å². The maximum atomic E-state index is 6.23. The summed E-state index contributed by atoms with van der Waals surface area (Å²) in [5.74, 6) is 1.00. The first-order valence-electron chi connectivity index (χ1n) is 5.95. The van der Waals surface area contributed by atoms with Gasteiger partial charge in [-0.2, -0.15) is 0 Å². The number of aryl methyl sites for hydroxylation is 1. The highest BCUT2D eigenvalue weighted by atomic mass is 16.3. The Bertz CT molecular complexity index is 317. The third kappa shape index (κ3) is 3.99. The van der Waals surface area contributed by atoms with Gasteiger partial charge >= 0.3 is 0 Å². The van der Waals surface area contributed by atoms with Gasteiger partial charge in [0.1, 0.15) is 5.76 Å². The van der Waals surface area contributed by atoms with Crippen LogP contribution in [0.1, 0.15) is 38.0 Å². The monoisotopic (exact) mass is 224 g/mol. The van der Waals surface area contributed by atoms with Gasteiger partial charge in [0.05, 0.1) is 6.26 Å². The zero-order valence-corrected chi connectivity index (χ0v) is 10.9. The van der Waals surface area contributed by atoms with Crippen molar-refractivity contribution < 1.29 is 4.42 Å². The molecule has 1 aromatic rings. The Labute approximate surface area is 98.6 Å². The summed E-state index contributed by atoms with van der Waals surface area (Å²) in [6.07, 6.45) is 3.93. The van der Waals surface area contributed by atoms with Crippen LogP contribution in [0.3, 0.4) is 0 Å². The Balaban J connectivity index is 2.47. The van der Waals surface area contributed by atoms with Crippen LogP contribution in [-0.2, 0) is 6.54 Å².